The summed E-state index contributed by atoms with van der Waals surface area (Å²) in [4.78, 5) is 14.1. The van der Waals surface area contributed by atoms with E-state index in [4.69, 9.17) is 0 Å². The minimum atomic E-state index is 0.284. The Morgan fingerprint density at radius 3 is 2.81 bits per heavy atom. The Morgan fingerprint density at radius 2 is 2.25 bits per heavy atom. The number of hydrogen-bond acceptors (Lipinski definition) is 2. The molecule has 2 atom stereocenters. The van der Waals surface area contributed by atoms with Crippen LogP contribution in [0.5, 0.6) is 0 Å². The van der Waals surface area contributed by atoms with Gasteiger partial charge in [-0.25, -0.2) is 0 Å². The van der Waals surface area contributed by atoms with Gasteiger partial charge in [0, 0.05) is 31.6 Å². The van der Waals surface area contributed by atoms with E-state index in [-0.39, 0.29) is 5.91 Å². The molecule has 16 heavy (non-hydrogen) atoms. The predicted molar refractivity (Wildman–Crippen MR) is 67.3 cm³/mol. The highest BCUT2D eigenvalue weighted by Gasteiger charge is 2.28. The lowest BCUT2D eigenvalue weighted by atomic mass is 10.0. The number of hydrogen-bond donors (Lipinski definition) is 1. The van der Waals surface area contributed by atoms with E-state index < -0.39 is 0 Å². The molecule has 2 unspecified atom stereocenters. The highest BCUT2D eigenvalue weighted by atomic mass is 16.2. The highest BCUT2D eigenvalue weighted by Crippen LogP contribution is 2.14. The Morgan fingerprint density at radius 1 is 1.50 bits per heavy atom. The third kappa shape index (κ3) is 3.34. The van der Waals surface area contributed by atoms with E-state index in [2.05, 4.69) is 30.6 Å². The Balaban J connectivity index is 2.56. The van der Waals surface area contributed by atoms with Crippen molar-refractivity contribution in [1.29, 1.82) is 0 Å². The van der Waals surface area contributed by atoms with Gasteiger partial charge in [0.2, 0.25) is 5.91 Å². The normalized spacial score (nSPS) is 25.5. The van der Waals surface area contributed by atoms with E-state index in [1.807, 2.05) is 6.08 Å². The fourth-order valence-corrected chi connectivity index (χ4v) is 2.18. The summed E-state index contributed by atoms with van der Waals surface area (Å²) in [7, 11) is 0. The summed E-state index contributed by atoms with van der Waals surface area (Å²) < 4.78 is 0. The van der Waals surface area contributed by atoms with Crippen LogP contribution in [-0.4, -0.2) is 36.0 Å². The van der Waals surface area contributed by atoms with Crippen molar-refractivity contribution in [2.75, 3.05) is 13.1 Å². The molecule has 0 saturated carbocycles. The third-order valence-electron chi connectivity index (χ3n) is 3.35. The smallest absolute Gasteiger partial charge is 0.223 e. The fraction of sp³-hybridized carbons (Fsp3) is 0.769. The second-order valence-corrected chi connectivity index (χ2v) is 4.45. The molecule has 0 radical (unpaired) electrons. The monoisotopic (exact) mass is 224 g/mol. The van der Waals surface area contributed by atoms with Gasteiger partial charge in [0.05, 0.1) is 0 Å². The van der Waals surface area contributed by atoms with Gasteiger partial charge < -0.3 is 10.2 Å². The topological polar surface area (TPSA) is 32.3 Å². The summed E-state index contributed by atoms with van der Waals surface area (Å²) in [5, 5.41) is 3.50. The van der Waals surface area contributed by atoms with E-state index in [0.717, 1.165) is 32.4 Å². The van der Waals surface area contributed by atoms with Crippen LogP contribution in [0.1, 0.15) is 39.5 Å². The lowest BCUT2D eigenvalue weighted by Gasteiger charge is -2.40. The third-order valence-corrected chi connectivity index (χ3v) is 3.35. The first kappa shape index (κ1) is 13.2. The molecular weight excluding hydrogens is 200 g/mol. The van der Waals surface area contributed by atoms with Crippen LogP contribution in [-0.2, 0) is 4.79 Å². The standard InChI is InChI=1S/C13H24N2O/c1-4-7-8-13(16)15-10-11(5-2)14-9-12(15)6-3/h4,11-12,14H,1,5-10H2,2-3H3. The molecule has 0 spiro atoms. The van der Waals surface area contributed by atoms with Crippen molar-refractivity contribution in [2.24, 2.45) is 0 Å². The molecule has 0 aromatic rings. The summed E-state index contributed by atoms with van der Waals surface area (Å²) in [6, 6.07) is 0.843. The van der Waals surface area contributed by atoms with Crippen LogP contribution in [0.15, 0.2) is 12.7 Å². The SMILES string of the molecule is C=CCCC(=O)N1CC(CC)NCC1CC. The Bertz CT molecular complexity index is 240. The molecule has 1 rings (SSSR count). The van der Waals surface area contributed by atoms with Crippen molar-refractivity contribution >= 4 is 5.91 Å². The number of carbonyl (C=O) groups excluding carboxylic acids is 1. The van der Waals surface area contributed by atoms with Crippen molar-refractivity contribution in [3.63, 3.8) is 0 Å². The lowest BCUT2D eigenvalue weighted by Crippen LogP contribution is -2.57. The minimum Gasteiger partial charge on any atom is -0.337 e. The van der Waals surface area contributed by atoms with Crippen LogP contribution in [0.3, 0.4) is 0 Å². The van der Waals surface area contributed by atoms with Gasteiger partial charge >= 0.3 is 0 Å². The zero-order chi connectivity index (χ0) is 12.0. The number of amides is 1. The molecule has 1 aliphatic heterocycles. The Kier molecular flexibility index (Phi) is 5.53. The van der Waals surface area contributed by atoms with Crippen LogP contribution in [0.4, 0.5) is 0 Å². The van der Waals surface area contributed by atoms with Crippen molar-refractivity contribution in [1.82, 2.24) is 10.2 Å². The molecule has 0 aliphatic carbocycles. The second kappa shape index (κ2) is 6.69. The second-order valence-electron chi connectivity index (χ2n) is 4.45. The average molecular weight is 224 g/mol. The summed E-state index contributed by atoms with van der Waals surface area (Å²) in [5.41, 5.74) is 0. The molecule has 1 amide bonds. The van der Waals surface area contributed by atoms with E-state index in [9.17, 15) is 4.79 Å². The number of allylic oxidation sites excluding steroid dienone is 1. The van der Waals surface area contributed by atoms with Crippen molar-refractivity contribution in [2.45, 2.75) is 51.6 Å². The number of carbonyl (C=O) groups is 1. The van der Waals surface area contributed by atoms with Gasteiger partial charge in [-0.2, -0.15) is 0 Å². The molecule has 1 heterocycles. The molecule has 0 bridgehead atoms. The zero-order valence-corrected chi connectivity index (χ0v) is 10.5. The summed E-state index contributed by atoms with van der Waals surface area (Å²) in [5.74, 6) is 0.284. The van der Waals surface area contributed by atoms with Gasteiger partial charge in [-0.3, -0.25) is 4.79 Å². The minimum absolute atomic E-state index is 0.284. The van der Waals surface area contributed by atoms with Gasteiger partial charge in [0.1, 0.15) is 0 Å². The highest BCUT2D eigenvalue weighted by molar-refractivity contribution is 5.76. The quantitative estimate of drug-likeness (QED) is 0.724. The molecule has 3 heteroatoms. The molecule has 1 saturated heterocycles. The summed E-state index contributed by atoms with van der Waals surface area (Å²) in [6.45, 7) is 9.78. The van der Waals surface area contributed by atoms with Gasteiger partial charge in [0.25, 0.3) is 0 Å². The zero-order valence-electron chi connectivity index (χ0n) is 10.5. The predicted octanol–water partition coefficient (Wildman–Crippen LogP) is 1.94. The maximum absolute atomic E-state index is 12.0. The number of nitrogens with one attached hydrogen (secondary N) is 1. The van der Waals surface area contributed by atoms with Gasteiger partial charge in [-0.05, 0) is 19.3 Å². The van der Waals surface area contributed by atoms with E-state index in [1.54, 1.807) is 0 Å². The summed E-state index contributed by atoms with van der Waals surface area (Å²) in [6.07, 6.45) is 5.33. The average Bonchev–Trinajstić information content (AvgIpc) is 2.35. The van der Waals surface area contributed by atoms with Crippen LogP contribution < -0.4 is 5.32 Å². The number of nitrogens with zero attached hydrogens (tertiary/aromatic N) is 1. The Labute approximate surface area is 98.9 Å². The molecule has 1 fully saturated rings. The first-order valence-electron chi connectivity index (χ1n) is 6.36. The van der Waals surface area contributed by atoms with Crippen molar-refractivity contribution in [3.8, 4) is 0 Å². The van der Waals surface area contributed by atoms with E-state index >= 15 is 0 Å². The van der Waals surface area contributed by atoms with Gasteiger partial charge in [-0.15, -0.1) is 6.58 Å². The first-order valence-corrected chi connectivity index (χ1v) is 6.36. The van der Waals surface area contributed by atoms with E-state index in [1.165, 1.54) is 0 Å². The molecule has 3 nitrogen and oxygen atoms in total. The van der Waals surface area contributed by atoms with E-state index in [0.29, 0.717) is 18.5 Å². The van der Waals surface area contributed by atoms with Crippen LogP contribution in [0.25, 0.3) is 0 Å². The molecule has 0 aromatic carbocycles. The molecule has 0 aromatic heterocycles. The largest absolute Gasteiger partial charge is 0.337 e. The molecular formula is C13H24N2O. The number of piperazine rings is 1. The summed E-state index contributed by atoms with van der Waals surface area (Å²) >= 11 is 0. The van der Waals surface area contributed by atoms with Crippen LogP contribution in [0, 0.1) is 0 Å². The lowest BCUT2D eigenvalue weighted by molar-refractivity contribution is -0.135. The van der Waals surface area contributed by atoms with Crippen LogP contribution >= 0.6 is 0 Å². The maximum atomic E-state index is 12.0. The molecule has 92 valence electrons. The first-order chi connectivity index (χ1) is 7.72. The number of rotatable bonds is 5. The van der Waals surface area contributed by atoms with Crippen LogP contribution in [0.2, 0.25) is 0 Å². The van der Waals surface area contributed by atoms with Crippen molar-refractivity contribution < 1.29 is 4.79 Å². The van der Waals surface area contributed by atoms with Gasteiger partial charge in [-0.1, -0.05) is 19.9 Å². The Hall–Kier alpha value is -0.830. The maximum Gasteiger partial charge on any atom is 0.223 e. The molecule has 1 N–H and O–H groups in total. The van der Waals surface area contributed by atoms with Crippen molar-refractivity contribution in [3.05, 3.63) is 12.7 Å². The molecule has 1 aliphatic rings. The van der Waals surface area contributed by atoms with Gasteiger partial charge in [0.15, 0.2) is 0 Å². The fourth-order valence-electron chi connectivity index (χ4n) is 2.18.